The van der Waals surface area contributed by atoms with E-state index in [0.717, 1.165) is 36.2 Å². The van der Waals surface area contributed by atoms with Crippen LogP contribution in [0.5, 0.6) is 0 Å². The number of benzene rings is 1. The summed E-state index contributed by atoms with van der Waals surface area (Å²) >= 11 is 0. The molecule has 0 aliphatic heterocycles. The van der Waals surface area contributed by atoms with Gasteiger partial charge in [0.15, 0.2) is 0 Å². The number of hydrogen-bond acceptors (Lipinski definition) is 3. The first-order valence-corrected chi connectivity index (χ1v) is 11.1. The van der Waals surface area contributed by atoms with Crippen LogP contribution in [0, 0.1) is 11.7 Å². The van der Waals surface area contributed by atoms with E-state index in [2.05, 4.69) is 19.2 Å². The first-order valence-electron chi connectivity index (χ1n) is 9.27. The number of rotatable bonds is 11. The molecule has 0 aliphatic rings. The lowest BCUT2D eigenvalue weighted by Crippen LogP contribution is -2.50. The Morgan fingerprint density at radius 1 is 1.15 bits per heavy atom. The number of carbonyl (C=O) groups excluding carboxylic acids is 1. The first kappa shape index (κ1) is 22.4. The van der Waals surface area contributed by atoms with Crippen LogP contribution in [0.25, 0.3) is 0 Å². The molecule has 0 spiro atoms. The standard InChI is InChI=1S/C19H31FN2O3S/c1-5-8-9-15(6-2)14-21-19(23)18(7-3)22(26(4,24)25)17-12-10-16(20)11-13-17/h10-13,15,18H,5-9,14H2,1-4H3,(H,21,23)/t15-,18-/m0/s1. The summed E-state index contributed by atoms with van der Waals surface area (Å²) in [6.45, 7) is 6.52. The van der Waals surface area contributed by atoms with Crippen LogP contribution in [0.15, 0.2) is 24.3 Å². The molecular weight excluding hydrogens is 355 g/mol. The predicted molar refractivity (Wildman–Crippen MR) is 104 cm³/mol. The van der Waals surface area contributed by atoms with Crippen LogP contribution in [-0.2, 0) is 14.8 Å². The number of hydrogen-bond donors (Lipinski definition) is 1. The number of carbonyl (C=O) groups is 1. The van der Waals surface area contributed by atoms with Crippen LogP contribution in [-0.4, -0.2) is 33.2 Å². The number of unbranched alkanes of at least 4 members (excludes halogenated alkanes) is 1. The first-order chi connectivity index (χ1) is 12.2. The number of nitrogens with one attached hydrogen (secondary N) is 1. The van der Waals surface area contributed by atoms with Crippen LogP contribution in [0.3, 0.4) is 0 Å². The molecule has 0 aliphatic carbocycles. The van der Waals surface area contributed by atoms with E-state index in [1.807, 2.05) is 0 Å². The molecule has 7 heteroatoms. The average Bonchev–Trinajstić information content (AvgIpc) is 2.59. The van der Waals surface area contributed by atoms with Gasteiger partial charge in [-0.2, -0.15) is 0 Å². The third-order valence-electron chi connectivity index (χ3n) is 4.52. The molecule has 0 fully saturated rings. The van der Waals surface area contributed by atoms with Gasteiger partial charge in [-0.25, -0.2) is 12.8 Å². The lowest BCUT2D eigenvalue weighted by atomic mass is 9.99. The van der Waals surface area contributed by atoms with Gasteiger partial charge < -0.3 is 5.32 Å². The van der Waals surface area contributed by atoms with Crippen molar-refractivity contribution in [2.24, 2.45) is 5.92 Å². The molecule has 1 rings (SSSR count). The maximum atomic E-state index is 13.2. The zero-order chi connectivity index (χ0) is 19.7. The molecule has 1 N–H and O–H groups in total. The van der Waals surface area contributed by atoms with Crippen molar-refractivity contribution in [2.75, 3.05) is 17.1 Å². The Labute approximate surface area is 157 Å². The molecular formula is C19H31FN2O3S. The van der Waals surface area contributed by atoms with Gasteiger partial charge >= 0.3 is 0 Å². The molecule has 0 saturated carbocycles. The van der Waals surface area contributed by atoms with Crippen LogP contribution in [0.4, 0.5) is 10.1 Å². The Kier molecular flexibility index (Phi) is 9.05. The summed E-state index contributed by atoms with van der Waals surface area (Å²) in [4.78, 5) is 12.7. The number of halogens is 1. The third kappa shape index (κ3) is 6.59. The normalized spacial score (nSPS) is 13.9. The second-order valence-corrected chi connectivity index (χ2v) is 8.48. The summed E-state index contributed by atoms with van der Waals surface area (Å²) in [7, 11) is -3.70. The summed E-state index contributed by atoms with van der Waals surface area (Å²) in [5.41, 5.74) is 0.286. The van der Waals surface area contributed by atoms with E-state index in [0.29, 0.717) is 18.9 Å². The van der Waals surface area contributed by atoms with E-state index in [1.165, 1.54) is 24.3 Å². The molecule has 0 unspecified atom stereocenters. The zero-order valence-electron chi connectivity index (χ0n) is 16.2. The molecule has 1 amide bonds. The molecule has 26 heavy (non-hydrogen) atoms. The molecule has 5 nitrogen and oxygen atoms in total. The smallest absolute Gasteiger partial charge is 0.243 e. The molecule has 2 atom stereocenters. The fourth-order valence-corrected chi connectivity index (χ4v) is 4.17. The topological polar surface area (TPSA) is 66.5 Å². The highest BCUT2D eigenvalue weighted by Crippen LogP contribution is 2.23. The summed E-state index contributed by atoms with van der Waals surface area (Å²) in [6.07, 6.45) is 5.60. The van der Waals surface area contributed by atoms with Gasteiger partial charge in [0.25, 0.3) is 0 Å². The Morgan fingerprint density at radius 2 is 1.77 bits per heavy atom. The van der Waals surface area contributed by atoms with Gasteiger partial charge in [0.2, 0.25) is 15.9 Å². The average molecular weight is 387 g/mol. The maximum Gasteiger partial charge on any atom is 0.243 e. The van der Waals surface area contributed by atoms with Gasteiger partial charge in [0.05, 0.1) is 11.9 Å². The molecule has 0 heterocycles. The SMILES string of the molecule is CCCC[C@H](CC)CNC(=O)[C@H](CC)N(c1ccc(F)cc1)S(C)(=O)=O. The Hall–Kier alpha value is -1.63. The van der Waals surface area contributed by atoms with Gasteiger partial charge in [-0.05, 0) is 43.0 Å². The van der Waals surface area contributed by atoms with Crippen molar-refractivity contribution >= 4 is 21.6 Å². The van der Waals surface area contributed by atoms with Crippen molar-refractivity contribution < 1.29 is 17.6 Å². The van der Waals surface area contributed by atoms with Crippen molar-refractivity contribution in [3.8, 4) is 0 Å². The monoisotopic (exact) mass is 386 g/mol. The van der Waals surface area contributed by atoms with Crippen molar-refractivity contribution in [1.82, 2.24) is 5.32 Å². The van der Waals surface area contributed by atoms with Gasteiger partial charge in [0.1, 0.15) is 11.9 Å². The Balaban J connectivity index is 2.96. The minimum atomic E-state index is -3.70. The van der Waals surface area contributed by atoms with E-state index in [4.69, 9.17) is 0 Å². The molecule has 0 bridgehead atoms. The van der Waals surface area contributed by atoms with Crippen LogP contribution >= 0.6 is 0 Å². The maximum absolute atomic E-state index is 13.2. The van der Waals surface area contributed by atoms with E-state index >= 15 is 0 Å². The number of sulfonamides is 1. The minimum Gasteiger partial charge on any atom is -0.354 e. The lowest BCUT2D eigenvalue weighted by Gasteiger charge is -2.30. The quantitative estimate of drug-likeness (QED) is 0.630. The largest absolute Gasteiger partial charge is 0.354 e. The van der Waals surface area contributed by atoms with Crippen molar-refractivity contribution in [1.29, 1.82) is 0 Å². The van der Waals surface area contributed by atoms with Gasteiger partial charge in [-0.3, -0.25) is 9.10 Å². The molecule has 0 aromatic heterocycles. The van der Waals surface area contributed by atoms with Gasteiger partial charge in [0, 0.05) is 6.54 Å². The minimum absolute atomic E-state index is 0.286. The van der Waals surface area contributed by atoms with E-state index < -0.39 is 21.9 Å². The molecule has 1 aromatic carbocycles. The molecule has 0 saturated heterocycles. The van der Waals surface area contributed by atoms with Crippen molar-refractivity contribution in [3.05, 3.63) is 30.1 Å². The summed E-state index contributed by atoms with van der Waals surface area (Å²) in [6, 6.07) is 4.27. The van der Waals surface area contributed by atoms with E-state index in [1.54, 1.807) is 6.92 Å². The van der Waals surface area contributed by atoms with Crippen molar-refractivity contribution in [3.63, 3.8) is 0 Å². The third-order valence-corrected chi connectivity index (χ3v) is 5.70. The number of nitrogens with zero attached hydrogens (tertiary/aromatic N) is 1. The molecule has 148 valence electrons. The van der Waals surface area contributed by atoms with Crippen LogP contribution < -0.4 is 9.62 Å². The van der Waals surface area contributed by atoms with Crippen LogP contribution in [0.2, 0.25) is 0 Å². The Bertz CT molecular complexity index is 662. The summed E-state index contributed by atoms with van der Waals surface area (Å²) < 4.78 is 38.9. The number of amides is 1. The lowest BCUT2D eigenvalue weighted by molar-refractivity contribution is -0.122. The second-order valence-electron chi connectivity index (χ2n) is 6.62. The summed E-state index contributed by atoms with van der Waals surface area (Å²) in [5.74, 6) is -0.396. The predicted octanol–water partition coefficient (Wildman–Crippen LogP) is 3.70. The number of anilines is 1. The van der Waals surface area contributed by atoms with E-state index in [9.17, 15) is 17.6 Å². The molecule has 1 aromatic rings. The Morgan fingerprint density at radius 3 is 2.23 bits per heavy atom. The highest BCUT2D eigenvalue weighted by Gasteiger charge is 2.31. The fraction of sp³-hybridized carbons (Fsp3) is 0.632. The highest BCUT2D eigenvalue weighted by molar-refractivity contribution is 7.92. The molecule has 0 radical (unpaired) electrons. The van der Waals surface area contributed by atoms with Gasteiger partial charge in [-0.15, -0.1) is 0 Å². The summed E-state index contributed by atoms with van der Waals surface area (Å²) in [5, 5.41) is 2.91. The van der Waals surface area contributed by atoms with Crippen molar-refractivity contribution in [2.45, 2.75) is 58.9 Å². The van der Waals surface area contributed by atoms with E-state index in [-0.39, 0.29) is 11.6 Å². The fourth-order valence-electron chi connectivity index (χ4n) is 2.95. The highest BCUT2D eigenvalue weighted by atomic mass is 32.2. The van der Waals surface area contributed by atoms with Crippen LogP contribution in [0.1, 0.15) is 52.9 Å². The van der Waals surface area contributed by atoms with Gasteiger partial charge in [-0.1, -0.05) is 40.0 Å². The zero-order valence-corrected chi connectivity index (χ0v) is 17.0. The second kappa shape index (κ2) is 10.5.